The van der Waals surface area contributed by atoms with Crippen LogP contribution < -0.4 is 4.74 Å². The molecule has 0 bridgehead atoms. The Kier molecular flexibility index (Phi) is 6.06. The smallest absolute Gasteiger partial charge is 0.119 e. The van der Waals surface area contributed by atoms with Gasteiger partial charge in [-0.15, -0.1) is 0 Å². The van der Waals surface area contributed by atoms with E-state index >= 15 is 0 Å². The quantitative estimate of drug-likeness (QED) is 0.632. The minimum Gasteiger partial charge on any atom is -0.494 e. The van der Waals surface area contributed by atoms with E-state index < -0.39 is 0 Å². The van der Waals surface area contributed by atoms with Gasteiger partial charge in [0, 0.05) is 12.8 Å². The highest BCUT2D eigenvalue weighted by atomic mass is 16.5. The van der Waals surface area contributed by atoms with Gasteiger partial charge in [0.15, 0.2) is 0 Å². The second-order valence-corrected chi connectivity index (χ2v) is 5.79. The van der Waals surface area contributed by atoms with Gasteiger partial charge in [-0.05, 0) is 25.5 Å². The Hall–Kier alpha value is -1.54. The summed E-state index contributed by atoms with van der Waals surface area (Å²) in [5.41, 5.74) is 1.34. The van der Waals surface area contributed by atoms with E-state index in [1.807, 2.05) is 30.3 Å². The Labute approximate surface area is 128 Å². The second-order valence-electron chi connectivity index (χ2n) is 5.79. The van der Waals surface area contributed by atoms with Crippen molar-refractivity contribution in [2.75, 3.05) is 13.2 Å². The Balaban J connectivity index is 1.66. The first kappa shape index (κ1) is 15.8. The van der Waals surface area contributed by atoms with Crippen molar-refractivity contribution in [3.63, 3.8) is 0 Å². The molecule has 2 rings (SSSR count). The molecular formula is C19H26O2. The van der Waals surface area contributed by atoms with Crippen LogP contribution in [0.2, 0.25) is 0 Å². The van der Waals surface area contributed by atoms with Crippen LogP contribution in [0, 0.1) is 0 Å². The van der Waals surface area contributed by atoms with Gasteiger partial charge < -0.3 is 9.47 Å². The number of benzene rings is 1. The number of hydrogen-bond acceptors (Lipinski definition) is 2. The zero-order valence-electron chi connectivity index (χ0n) is 13.2. The van der Waals surface area contributed by atoms with E-state index in [1.165, 1.54) is 18.4 Å². The van der Waals surface area contributed by atoms with Crippen LogP contribution in [0.1, 0.15) is 39.5 Å². The highest BCUT2D eigenvalue weighted by Crippen LogP contribution is 2.28. The van der Waals surface area contributed by atoms with E-state index in [-0.39, 0.29) is 5.60 Å². The van der Waals surface area contributed by atoms with Crippen molar-refractivity contribution in [1.29, 1.82) is 0 Å². The summed E-state index contributed by atoms with van der Waals surface area (Å²) in [5.74, 6) is 0.925. The summed E-state index contributed by atoms with van der Waals surface area (Å²) in [4.78, 5) is 0. The fourth-order valence-corrected chi connectivity index (χ4v) is 2.62. The first-order chi connectivity index (χ1) is 10.2. The van der Waals surface area contributed by atoms with Crippen LogP contribution in [0.15, 0.2) is 54.1 Å². The molecule has 1 atom stereocenters. The summed E-state index contributed by atoms with van der Waals surface area (Å²) >= 11 is 0. The third-order valence-electron chi connectivity index (χ3n) is 3.66. The molecule has 21 heavy (non-hydrogen) atoms. The first-order valence-corrected chi connectivity index (χ1v) is 7.91. The molecule has 0 fully saturated rings. The lowest BCUT2D eigenvalue weighted by atomic mass is 9.89. The molecule has 1 aliphatic rings. The van der Waals surface area contributed by atoms with E-state index in [1.54, 1.807) is 0 Å². The molecule has 0 N–H and O–H groups in total. The van der Waals surface area contributed by atoms with Gasteiger partial charge in [-0.25, -0.2) is 0 Å². The summed E-state index contributed by atoms with van der Waals surface area (Å²) in [5, 5.41) is 0. The number of ether oxygens (including phenoxy) is 2. The molecule has 0 heterocycles. The van der Waals surface area contributed by atoms with Crippen molar-refractivity contribution in [3.8, 4) is 5.75 Å². The van der Waals surface area contributed by atoms with Crippen molar-refractivity contribution in [2.24, 2.45) is 0 Å². The van der Waals surface area contributed by atoms with Crippen LogP contribution in [-0.2, 0) is 4.74 Å². The maximum atomic E-state index is 6.08. The molecular weight excluding hydrogens is 260 g/mol. The maximum Gasteiger partial charge on any atom is 0.119 e. The summed E-state index contributed by atoms with van der Waals surface area (Å²) in [6.07, 6.45) is 10.8. The molecule has 0 aliphatic heterocycles. The Morgan fingerprint density at radius 3 is 2.71 bits per heavy atom. The highest BCUT2D eigenvalue weighted by Gasteiger charge is 2.24. The van der Waals surface area contributed by atoms with E-state index in [9.17, 15) is 0 Å². The van der Waals surface area contributed by atoms with Gasteiger partial charge >= 0.3 is 0 Å². The average molecular weight is 286 g/mol. The van der Waals surface area contributed by atoms with Gasteiger partial charge in [0.05, 0.1) is 18.8 Å². The zero-order chi connectivity index (χ0) is 15.0. The summed E-state index contributed by atoms with van der Waals surface area (Å²) in [7, 11) is 0. The predicted octanol–water partition coefficient (Wildman–Crippen LogP) is 4.92. The molecule has 0 spiro atoms. The summed E-state index contributed by atoms with van der Waals surface area (Å²) in [6.45, 7) is 5.82. The van der Waals surface area contributed by atoms with Crippen LogP contribution in [0.4, 0.5) is 0 Å². The summed E-state index contributed by atoms with van der Waals surface area (Å²) in [6, 6.07) is 9.93. The highest BCUT2D eigenvalue weighted by molar-refractivity contribution is 5.24. The van der Waals surface area contributed by atoms with Crippen molar-refractivity contribution in [3.05, 3.63) is 54.1 Å². The van der Waals surface area contributed by atoms with Crippen molar-refractivity contribution < 1.29 is 9.47 Å². The summed E-state index contributed by atoms with van der Waals surface area (Å²) < 4.78 is 11.8. The molecule has 1 aliphatic carbocycles. The zero-order valence-corrected chi connectivity index (χ0v) is 13.2. The lowest BCUT2D eigenvalue weighted by molar-refractivity contribution is -0.000699. The number of allylic oxidation sites excluding steroid dienone is 2. The Bertz CT molecular complexity index is 476. The van der Waals surface area contributed by atoms with E-state index in [0.717, 1.165) is 25.2 Å². The van der Waals surface area contributed by atoms with Gasteiger partial charge in [0.25, 0.3) is 0 Å². The van der Waals surface area contributed by atoms with Crippen LogP contribution >= 0.6 is 0 Å². The van der Waals surface area contributed by atoms with E-state index in [2.05, 4.69) is 32.1 Å². The van der Waals surface area contributed by atoms with Crippen LogP contribution in [-0.4, -0.2) is 18.8 Å². The minimum atomic E-state index is -0.147. The monoisotopic (exact) mass is 286 g/mol. The largest absolute Gasteiger partial charge is 0.494 e. The topological polar surface area (TPSA) is 18.5 Å². The number of hydrogen-bond donors (Lipinski definition) is 0. The number of rotatable bonds is 8. The number of para-hydroxylation sites is 1. The van der Waals surface area contributed by atoms with Crippen LogP contribution in [0.3, 0.4) is 0 Å². The molecule has 0 amide bonds. The standard InChI is InChI=1S/C19H26O2/c1-3-9-17-10-7-13-19(2,16-17)21-15-8-14-20-18-11-5-4-6-12-18/h4-7,10-13H,3,8-9,14-16H2,1-2H3. The third-order valence-corrected chi connectivity index (χ3v) is 3.66. The molecule has 0 radical (unpaired) electrons. The second kappa shape index (κ2) is 8.04. The molecule has 2 nitrogen and oxygen atoms in total. The first-order valence-electron chi connectivity index (χ1n) is 7.91. The van der Waals surface area contributed by atoms with E-state index in [4.69, 9.17) is 9.47 Å². The van der Waals surface area contributed by atoms with Crippen molar-refractivity contribution in [2.45, 2.75) is 45.1 Å². The van der Waals surface area contributed by atoms with Gasteiger partial charge in [-0.1, -0.05) is 55.3 Å². The van der Waals surface area contributed by atoms with Crippen LogP contribution in [0.5, 0.6) is 5.75 Å². The lowest BCUT2D eigenvalue weighted by Crippen LogP contribution is -2.29. The van der Waals surface area contributed by atoms with Crippen molar-refractivity contribution >= 4 is 0 Å². The molecule has 0 aromatic heterocycles. The third kappa shape index (κ3) is 5.39. The predicted molar refractivity (Wildman–Crippen MR) is 87.7 cm³/mol. The molecule has 114 valence electrons. The molecule has 1 aromatic rings. The minimum absolute atomic E-state index is 0.147. The molecule has 0 saturated heterocycles. The van der Waals surface area contributed by atoms with Crippen LogP contribution in [0.25, 0.3) is 0 Å². The van der Waals surface area contributed by atoms with Gasteiger partial charge in [0.2, 0.25) is 0 Å². The maximum absolute atomic E-state index is 6.08. The van der Waals surface area contributed by atoms with Gasteiger partial charge in [-0.3, -0.25) is 0 Å². The fourth-order valence-electron chi connectivity index (χ4n) is 2.62. The lowest BCUT2D eigenvalue weighted by Gasteiger charge is -2.30. The average Bonchev–Trinajstić information content (AvgIpc) is 2.48. The SMILES string of the molecule is CCCC1=CC=CC(C)(OCCCOc2ccccc2)C1. The van der Waals surface area contributed by atoms with E-state index in [0.29, 0.717) is 6.61 Å². The van der Waals surface area contributed by atoms with Crippen molar-refractivity contribution in [1.82, 2.24) is 0 Å². The molecule has 1 unspecified atom stereocenters. The Morgan fingerprint density at radius 1 is 1.14 bits per heavy atom. The van der Waals surface area contributed by atoms with Gasteiger partial charge in [-0.2, -0.15) is 0 Å². The molecule has 0 saturated carbocycles. The Morgan fingerprint density at radius 2 is 1.95 bits per heavy atom. The molecule has 2 heteroatoms. The molecule has 1 aromatic carbocycles. The van der Waals surface area contributed by atoms with Gasteiger partial charge in [0.1, 0.15) is 5.75 Å². The normalized spacial score (nSPS) is 21.1. The fraction of sp³-hybridized carbons (Fsp3) is 0.474.